The van der Waals surface area contributed by atoms with E-state index in [4.69, 9.17) is 16.3 Å². The van der Waals surface area contributed by atoms with Crippen LogP contribution in [0.1, 0.15) is 37.5 Å². The number of aliphatic hydroxyl groups is 1. The number of carbonyl (C=O) groups excluding carboxylic acids is 1. The maximum absolute atomic E-state index is 12.5. The molecule has 0 spiro atoms. The second-order valence-corrected chi connectivity index (χ2v) is 7.75. The van der Waals surface area contributed by atoms with Crippen LogP contribution in [0.15, 0.2) is 41.8 Å². The summed E-state index contributed by atoms with van der Waals surface area (Å²) in [6.07, 6.45) is 1.48. The van der Waals surface area contributed by atoms with Crippen LogP contribution >= 0.6 is 22.9 Å². The van der Waals surface area contributed by atoms with Gasteiger partial charge in [-0.2, -0.15) is 0 Å². The van der Waals surface area contributed by atoms with E-state index in [1.54, 1.807) is 49.4 Å². The number of hydrogen-bond acceptors (Lipinski definition) is 4. The van der Waals surface area contributed by atoms with Crippen LogP contribution in [0.2, 0.25) is 5.02 Å². The quantitative estimate of drug-likeness (QED) is 0.683. The first-order valence-corrected chi connectivity index (χ1v) is 9.55. The molecule has 0 radical (unpaired) electrons. The fraction of sp³-hybridized carbons (Fsp3) is 0.421. The van der Waals surface area contributed by atoms with Crippen LogP contribution in [0, 0.1) is 0 Å². The Morgan fingerprint density at radius 3 is 2.60 bits per heavy atom. The highest BCUT2D eigenvalue weighted by molar-refractivity contribution is 7.10. The molecule has 0 unspecified atom stereocenters. The van der Waals surface area contributed by atoms with Gasteiger partial charge in [-0.05, 0) is 68.3 Å². The second-order valence-electron chi connectivity index (χ2n) is 6.34. The lowest BCUT2D eigenvalue weighted by Crippen LogP contribution is -2.47. The summed E-state index contributed by atoms with van der Waals surface area (Å²) in [6.45, 7) is 4.15. The Morgan fingerprint density at radius 1 is 1.28 bits per heavy atom. The maximum atomic E-state index is 12.5. The van der Waals surface area contributed by atoms with E-state index in [9.17, 15) is 9.90 Å². The minimum Gasteiger partial charge on any atom is -0.478 e. The molecule has 1 aromatic carbocycles. The largest absolute Gasteiger partial charge is 0.478 e. The summed E-state index contributed by atoms with van der Waals surface area (Å²) < 4.78 is 5.79. The van der Waals surface area contributed by atoms with E-state index in [2.05, 4.69) is 11.4 Å². The third-order valence-corrected chi connectivity index (χ3v) is 5.22. The molecule has 136 valence electrons. The van der Waals surface area contributed by atoms with Crippen molar-refractivity contribution in [1.82, 2.24) is 5.32 Å². The lowest BCUT2D eigenvalue weighted by atomic mass is 9.99. The zero-order chi connectivity index (χ0) is 18.3. The smallest absolute Gasteiger partial charge is 0.263 e. The van der Waals surface area contributed by atoms with Gasteiger partial charge in [0.15, 0.2) is 5.60 Å². The minimum absolute atomic E-state index is 0.141. The lowest BCUT2D eigenvalue weighted by molar-refractivity contribution is -0.134. The van der Waals surface area contributed by atoms with Crippen molar-refractivity contribution in [2.45, 2.75) is 38.2 Å². The van der Waals surface area contributed by atoms with Crippen LogP contribution in [-0.2, 0) is 4.79 Å². The summed E-state index contributed by atoms with van der Waals surface area (Å²) in [5.74, 6) is 0.684. The molecule has 25 heavy (non-hydrogen) atoms. The first-order chi connectivity index (χ1) is 11.9. The summed E-state index contributed by atoms with van der Waals surface area (Å²) in [5, 5.41) is 14.8. The van der Waals surface area contributed by atoms with E-state index in [0.717, 1.165) is 6.42 Å². The van der Waals surface area contributed by atoms with Crippen molar-refractivity contribution >= 4 is 28.8 Å². The Morgan fingerprint density at radius 2 is 2.00 bits per heavy atom. The molecule has 1 amide bonds. The lowest BCUT2D eigenvalue weighted by Gasteiger charge is -2.26. The van der Waals surface area contributed by atoms with E-state index in [-0.39, 0.29) is 18.4 Å². The molecular weight excluding hydrogens is 358 g/mol. The molecule has 4 nitrogen and oxygen atoms in total. The highest BCUT2D eigenvalue weighted by Crippen LogP contribution is 2.27. The van der Waals surface area contributed by atoms with Gasteiger partial charge in [0.2, 0.25) is 0 Å². The molecule has 0 aliphatic heterocycles. The number of nitrogens with one attached hydrogen (secondary N) is 1. The zero-order valence-corrected chi connectivity index (χ0v) is 16.1. The highest BCUT2D eigenvalue weighted by atomic mass is 35.5. The van der Waals surface area contributed by atoms with Crippen molar-refractivity contribution in [3.63, 3.8) is 0 Å². The van der Waals surface area contributed by atoms with E-state index < -0.39 is 5.60 Å². The summed E-state index contributed by atoms with van der Waals surface area (Å²) >= 11 is 7.54. The molecule has 6 heteroatoms. The molecule has 1 heterocycles. The van der Waals surface area contributed by atoms with Gasteiger partial charge in [-0.3, -0.25) is 4.79 Å². The predicted octanol–water partition coefficient (Wildman–Crippen LogP) is 4.23. The third-order valence-electron chi connectivity index (χ3n) is 3.93. The predicted molar refractivity (Wildman–Crippen MR) is 103 cm³/mol. The number of amides is 1. The van der Waals surface area contributed by atoms with Gasteiger partial charge in [0.1, 0.15) is 5.75 Å². The van der Waals surface area contributed by atoms with Crippen molar-refractivity contribution in [3.05, 3.63) is 51.7 Å². The molecule has 0 saturated heterocycles. The molecule has 2 N–H and O–H groups in total. The van der Waals surface area contributed by atoms with Crippen molar-refractivity contribution in [2.75, 3.05) is 13.2 Å². The molecule has 2 rings (SSSR count). The summed E-state index contributed by atoms with van der Waals surface area (Å²) in [7, 11) is 0. The van der Waals surface area contributed by atoms with Gasteiger partial charge in [-0.15, -0.1) is 11.3 Å². The number of halogens is 1. The van der Waals surface area contributed by atoms with Crippen LogP contribution in [0.5, 0.6) is 5.75 Å². The fourth-order valence-electron chi connectivity index (χ4n) is 2.52. The van der Waals surface area contributed by atoms with Gasteiger partial charge in [0.25, 0.3) is 5.91 Å². The maximum Gasteiger partial charge on any atom is 0.263 e. The van der Waals surface area contributed by atoms with Crippen molar-refractivity contribution in [2.24, 2.45) is 0 Å². The summed E-state index contributed by atoms with van der Waals surface area (Å²) in [4.78, 5) is 13.7. The van der Waals surface area contributed by atoms with Crippen LogP contribution < -0.4 is 10.1 Å². The van der Waals surface area contributed by atoms with E-state index in [1.165, 1.54) is 4.88 Å². The van der Waals surface area contributed by atoms with Crippen molar-refractivity contribution in [3.8, 4) is 5.75 Å². The van der Waals surface area contributed by atoms with E-state index in [1.807, 2.05) is 11.4 Å². The van der Waals surface area contributed by atoms with Gasteiger partial charge in [-0.1, -0.05) is 17.7 Å². The molecule has 1 atom stereocenters. The molecule has 2 aromatic rings. The summed E-state index contributed by atoms with van der Waals surface area (Å²) in [5.41, 5.74) is -0.983. The van der Waals surface area contributed by atoms with Crippen LogP contribution in [0.25, 0.3) is 0 Å². The molecular formula is C19H24ClNO3S. The number of thiophene rings is 1. The van der Waals surface area contributed by atoms with E-state index >= 15 is 0 Å². The Labute approximate surface area is 157 Å². The Hall–Kier alpha value is -1.56. The van der Waals surface area contributed by atoms with Gasteiger partial charge in [0.05, 0.1) is 0 Å². The monoisotopic (exact) mass is 381 g/mol. The zero-order valence-electron chi connectivity index (χ0n) is 14.5. The van der Waals surface area contributed by atoms with Crippen molar-refractivity contribution in [1.29, 1.82) is 0 Å². The van der Waals surface area contributed by atoms with Crippen LogP contribution in [0.3, 0.4) is 0 Å². The van der Waals surface area contributed by atoms with Gasteiger partial charge in [-0.25, -0.2) is 0 Å². The third kappa shape index (κ3) is 6.03. The van der Waals surface area contributed by atoms with Crippen LogP contribution in [0.4, 0.5) is 0 Å². The minimum atomic E-state index is -0.983. The SMILES string of the molecule is CC(C)(Oc1ccc(Cl)cc1)C(=O)NCC[C@@H](CCO)c1cccs1. The molecule has 0 aliphatic carbocycles. The second kappa shape index (κ2) is 9.22. The number of ether oxygens (including phenoxy) is 1. The fourth-order valence-corrected chi connectivity index (χ4v) is 3.55. The number of rotatable bonds is 9. The molecule has 0 bridgehead atoms. The summed E-state index contributed by atoms with van der Waals surface area (Å²) in [6, 6.07) is 11.0. The number of aliphatic hydroxyl groups excluding tert-OH is 1. The van der Waals surface area contributed by atoms with Crippen molar-refractivity contribution < 1.29 is 14.6 Å². The standard InChI is InChI=1S/C19H24ClNO3S/c1-19(2,24-16-7-5-15(20)6-8-16)18(23)21-11-9-14(10-12-22)17-4-3-13-25-17/h3-8,13-14,22H,9-12H2,1-2H3,(H,21,23)/t14-/m0/s1. The Kier molecular flexibility index (Phi) is 7.29. The molecule has 1 aromatic heterocycles. The highest BCUT2D eigenvalue weighted by Gasteiger charge is 2.29. The van der Waals surface area contributed by atoms with Gasteiger partial charge in [0, 0.05) is 23.1 Å². The molecule has 0 aliphatic rings. The van der Waals surface area contributed by atoms with E-state index in [0.29, 0.717) is 23.7 Å². The van der Waals surface area contributed by atoms with Crippen LogP contribution in [-0.4, -0.2) is 29.8 Å². The Bertz CT molecular complexity index is 656. The molecule has 0 fully saturated rings. The topological polar surface area (TPSA) is 58.6 Å². The Balaban J connectivity index is 1.86. The normalized spacial score (nSPS) is 12.6. The van der Waals surface area contributed by atoms with Gasteiger partial charge >= 0.3 is 0 Å². The average Bonchev–Trinajstić information content (AvgIpc) is 3.10. The first kappa shape index (κ1) is 19.8. The number of carbonyl (C=O) groups is 1. The van der Waals surface area contributed by atoms with Gasteiger partial charge < -0.3 is 15.2 Å². The molecule has 0 saturated carbocycles. The average molecular weight is 382 g/mol. The number of benzene rings is 1. The first-order valence-electron chi connectivity index (χ1n) is 8.29. The number of hydrogen-bond donors (Lipinski definition) is 2.